The summed E-state index contributed by atoms with van der Waals surface area (Å²) in [5.41, 5.74) is 0.143. The second kappa shape index (κ2) is 6.55. The smallest absolute Gasteiger partial charge is 0.355 e. The summed E-state index contributed by atoms with van der Waals surface area (Å²) in [5.74, 6) is -0.611. The van der Waals surface area contributed by atoms with Crippen LogP contribution in [0.15, 0.2) is 28.2 Å². The molecule has 0 aromatic carbocycles. The molecule has 0 aliphatic heterocycles. The van der Waals surface area contributed by atoms with Crippen LogP contribution in [0.2, 0.25) is 0 Å². The summed E-state index contributed by atoms with van der Waals surface area (Å²) < 4.78 is 33.3. The Morgan fingerprint density at radius 3 is 2.75 bits per heavy atom. The molecule has 8 heteroatoms. The predicted octanol–water partition coefficient (Wildman–Crippen LogP) is 1.82. The van der Waals surface area contributed by atoms with Gasteiger partial charge in [0.25, 0.3) is 0 Å². The number of esters is 1. The SMILES string of the molecule is C=CCC(C)NS(=O)(=O)c1cn(C)c(C(=O)OC)c1Br. The lowest BCUT2D eigenvalue weighted by molar-refractivity contribution is 0.0588. The summed E-state index contributed by atoms with van der Waals surface area (Å²) in [4.78, 5) is 11.6. The van der Waals surface area contributed by atoms with Gasteiger partial charge in [0.05, 0.1) is 11.6 Å². The van der Waals surface area contributed by atoms with Crippen molar-refractivity contribution in [2.24, 2.45) is 7.05 Å². The van der Waals surface area contributed by atoms with Gasteiger partial charge in [-0.25, -0.2) is 17.9 Å². The average Bonchev–Trinajstić information content (AvgIpc) is 2.64. The molecular weight excluding hydrogens is 348 g/mol. The molecule has 0 fully saturated rings. The zero-order valence-electron chi connectivity index (χ0n) is 11.5. The Bertz CT molecular complexity index is 622. The number of rotatable bonds is 6. The molecule has 0 saturated heterocycles. The zero-order chi connectivity index (χ0) is 15.5. The van der Waals surface area contributed by atoms with Crippen molar-refractivity contribution in [1.29, 1.82) is 0 Å². The van der Waals surface area contributed by atoms with Crippen LogP contribution in [0.4, 0.5) is 0 Å². The molecule has 1 heterocycles. The molecule has 1 unspecified atom stereocenters. The third-order valence-corrected chi connectivity index (χ3v) is 5.30. The Morgan fingerprint density at radius 2 is 2.25 bits per heavy atom. The molecular formula is C12H17BrN2O4S. The molecule has 112 valence electrons. The highest BCUT2D eigenvalue weighted by Gasteiger charge is 2.27. The molecule has 0 aliphatic carbocycles. The standard InChI is InChI=1S/C12H17BrN2O4S/c1-5-6-8(2)14-20(17,18)9-7-15(3)11(10(9)13)12(16)19-4/h5,7-8,14H,1,6H2,2-4H3. The number of carbonyl (C=O) groups is 1. The van der Waals surface area contributed by atoms with Gasteiger partial charge in [-0.1, -0.05) is 6.08 Å². The Labute approximate surface area is 127 Å². The lowest BCUT2D eigenvalue weighted by Crippen LogP contribution is -2.32. The van der Waals surface area contributed by atoms with E-state index in [0.29, 0.717) is 6.42 Å². The fraction of sp³-hybridized carbons (Fsp3) is 0.417. The number of hydrogen-bond donors (Lipinski definition) is 1. The minimum Gasteiger partial charge on any atom is -0.464 e. The quantitative estimate of drug-likeness (QED) is 0.616. The molecule has 0 spiro atoms. The number of sulfonamides is 1. The van der Waals surface area contributed by atoms with Gasteiger partial charge in [-0.05, 0) is 29.3 Å². The van der Waals surface area contributed by atoms with Gasteiger partial charge in [-0.2, -0.15) is 0 Å². The lowest BCUT2D eigenvalue weighted by atomic mass is 10.3. The predicted molar refractivity (Wildman–Crippen MR) is 79.1 cm³/mol. The minimum absolute atomic E-state index is 0.00341. The van der Waals surface area contributed by atoms with E-state index in [4.69, 9.17) is 0 Å². The third kappa shape index (κ3) is 3.50. The second-order valence-electron chi connectivity index (χ2n) is 4.31. The molecule has 0 bridgehead atoms. The number of aromatic nitrogens is 1. The van der Waals surface area contributed by atoms with Crippen molar-refractivity contribution in [2.45, 2.75) is 24.3 Å². The van der Waals surface area contributed by atoms with E-state index in [2.05, 4.69) is 32.0 Å². The van der Waals surface area contributed by atoms with Crippen molar-refractivity contribution < 1.29 is 17.9 Å². The van der Waals surface area contributed by atoms with Crippen LogP contribution in [0.3, 0.4) is 0 Å². The van der Waals surface area contributed by atoms with Crippen LogP contribution in [0.5, 0.6) is 0 Å². The van der Waals surface area contributed by atoms with Crippen LogP contribution in [0.25, 0.3) is 0 Å². The molecule has 1 rings (SSSR count). The molecule has 1 aromatic rings. The number of hydrogen-bond acceptors (Lipinski definition) is 4. The van der Waals surface area contributed by atoms with Gasteiger partial charge < -0.3 is 9.30 Å². The largest absolute Gasteiger partial charge is 0.464 e. The van der Waals surface area contributed by atoms with Gasteiger partial charge in [-0.3, -0.25) is 0 Å². The first kappa shape index (κ1) is 16.9. The number of methoxy groups -OCH3 is 1. The fourth-order valence-electron chi connectivity index (χ4n) is 1.71. The van der Waals surface area contributed by atoms with Gasteiger partial charge in [-0.15, -0.1) is 6.58 Å². The van der Waals surface area contributed by atoms with Crippen LogP contribution in [0, 0.1) is 0 Å². The normalized spacial score (nSPS) is 13.0. The van der Waals surface area contributed by atoms with E-state index in [0.717, 1.165) is 0 Å². The highest BCUT2D eigenvalue weighted by atomic mass is 79.9. The van der Waals surface area contributed by atoms with Crippen molar-refractivity contribution in [1.82, 2.24) is 9.29 Å². The number of ether oxygens (including phenoxy) is 1. The molecule has 0 radical (unpaired) electrons. The van der Waals surface area contributed by atoms with Gasteiger partial charge in [0.2, 0.25) is 10.0 Å². The molecule has 0 aliphatic rings. The third-order valence-electron chi connectivity index (χ3n) is 2.63. The van der Waals surface area contributed by atoms with Crippen molar-refractivity contribution in [3.8, 4) is 0 Å². The van der Waals surface area contributed by atoms with E-state index >= 15 is 0 Å². The van der Waals surface area contributed by atoms with E-state index in [1.165, 1.54) is 17.9 Å². The van der Waals surface area contributed by atoms with Crippen molar-refractivity contribution in [3.63, 3.8) is 0 Å². The van der Waals surface area contributed by atoms with Crippen molar-refractivity contribution in [2.75, 3.05) is 7.11 Å². The second-order valence-corrected chi connectivity index (χ2v) is 6.78. The Balaban J connectivity index is 3.20. The summed E-state index contributed by atoms with van der Waals surface area (Å²) in [6.07, 6.45) is 3.50. The zero-order valence-corrected chi connectivity index (χ0v) is 13.9. The maximum atomic E-state index is 12.3. The van der Waals surface area contributed by atoms with Gasteiger partial charge in [0, 0.05) is 19.3 Å². The highest BCUT2D eigenvalue weighted by Crippen LogP contribution is 2.28. The van der Waals surface area contributed by atoms with E-state index in [1.807, 2.05) is 0 Å². The summed E-state index contributed by atoms with van der Waals surface area (Å²) in [6, 6.07) is -0.286. The van der Waals surface area contributed by atoms with Crippen LogP contribution >= 0.6 is 15.9 Å². The molecule has 0 amide bonds. The highest BCUT2D eigenvalue weighted by molar-refractivity contribution is 9.10. The summed E-state index contributed by atoms with van der Waals surface area (Å²) in [7, 11) is -0.920. The molecule has 0 saturated carbocycles. The van der Waals surface area contributed by atoms with E-state index in [1.54, 1.807) is 20.0 Å². The lowest BCUT2D eigenvalue weighted by Gasteiger charge is -2.11. The van der Waals surface area contributed by atoms with Crippen molar-refractivity contribution >= 4 is 31.9 Å². The van der Waals surface area contributed by atoms with Gasteiger partial charge >= 0.3 is 5.97 Å². The van der Waals surface area contributed by atoms with Crippen LogP contribution in [-0.4, -0.2) is 32.1 Å². The van der Waals surface area contributed by atoms with Crippen LogP contribution in [-0.2, 0) is 21.8 Å². The maximum absolute atomic E-state index is 12.3. The summed E-state index contributed by atoms with van der Waals surface area (Å²) in [6.45, 7) is 5.30. The Hall–Kier alpha value is -1.12. The molecule has 1 N–H and O–H groups in total. The van der Waals surface area contributed by atoms with Crippen molar-refractivity contribution in [3.05, 3.63) is 29.0 Å². The maximum Gasteiger partial charge on any atom is 0.355 e. The van der Waals surface area contributed by atoms with Crippen LogP contribution in [0.1, 0.15) is 23.8 Å². The molecule has 20 heavy (non-hydrogen) atoms. The van der Waals surface area contributed by atoms with E-state index in [-0.39, 0.29) is 21.1 Å². The van der Waals surface area contributed by atoms with Gasteiger partial charge in [0.1, 0.15) is 10.6 Å². The van der Waals surface area contributed by atoms with E-state index < -0.39 is 16.0 Å². The number of nitrogens with zero attached hydrogens (tertiary/aromatic N) is 1. The average molecular weight is 365 g/mol. The summed E-state index contributed by atoms with van der Waals surface area (Å²) in [5, 5.41) is 0. The molecule has 6 nitrogen and oxygen atoms in total. The van der Waals surface area contributed by atoms with Crippen LogP contribution < -0.4 is 4.72 Å². The number of carbonyl (C=O) groups excluding carboxylic acids is 1. The molecule has 1 atom stereocenters. The first-order chi connectivity index (χ1) is 9.24. The Kier molecular flexibility index (Phi) is 5.55. The number of nitrogens with one attached hydrogen (secondary N) is 1. The fourth-order valence-corrected chi connectivity index (χ4v) is 4.28. The molecule has 1 aromatic heterocycles. The monoisotopic (exact) mass is 364 g/mol. The minimum atomic E-state index is -3.73. The Morgan fingerprint density at radius 1 is 1.65 bits per heavy atom. The van der Waals surface area contributed by atoms with Gasteiger partial charge in [0.15, 0.2) is 0 Å². The van der Waals surface area contributed by atoms with E-state index in [9.17, 15) is 13.2 Å². The number of aryl methyl sites for hydroxylation is 1. The first-order valence-corrected chi connectivity index (χ1v) is 8.08. The first-order valence-electron chi connectivity index (χ1n) is 5.81. The summed E-state index contributed by atoms with van der Waals surface area (Å²) >= 11 is 3.15. The topological polar surface area (TPSA) is 77.4 Å². The number of halogens is 1.